The van der Waals surface area contributed by atoms with Crippen LogP contribution in [0.1, 0.15) is 32.9 Å². The Hall–Kier alpha value is -3.59. The van der Waals surface area contributed by atoms with Gasteiger partial charge in [-0.3, -0.25) is 0 Å². The molecule has 0 radical (unpaired) electrons. The van der Waals surface area contributed by atoms with Crippen LogP contribution in [0.4, 0.5) is 0 Å². The third-order valence-electron chi connectivity index (χ3n) is 6.66. The number of benzene rings is 3. The predicted molar refractivity (Wildman–Crippen MR) is 129 cm³/mol. The number of nitrogens with zero attached hydrogens (tertiary/aromatic N) is 2. The van der Waals surface area contributed by atoms with E-state index in [1.54, 1.807) is 0 Å². The van der Waals surface area contributed by atoms with Crippen molar-refractivity contribution in [1.29, 1.82) is 0 Å². The van der Waals surface area contributed by atoms with E-state index in [0.717, 1.165) is 56.3 Å². The lowest BCUT2D eigenvalue weighted by atomic mass is 9.85. The first-order chi connectivity index (χ1) is 15.1. The molecule has 3 aromatic carbocycles. The number of furan rings is 1. The number of rotatable bonds is 3. The molecule has 3 aromatic heterocycles. The maximum absolute atomic E-state index is 6.49. The Morgan fingerprint density at radius 2 is 1.52 bits per heavy atom. The number of pyridine rings is 1. The Balaban J connectivity index is 1.95. The lowest BCUT2D eigenvalue weighted by Gasteiger charge is -2.22. The summed E-state index contributed by atoms with van der Waals surface area (Å²) in [6.07, 6.45) is 0.981. The van der Waals surface area contributed by atoms with Crippen LogP contribution in [-0.4, -0.2) is 9.55 Å². The van der Waals surface area contributed by atoms with Crippen molar-refractivity contribution in [3.05, 3.63) is 84.6 Å². The molecule has 0 N–H and O–H groups in total. The fraction of sp³-hybridized carbons (Fsp3) is 0.179. The van der Waals surface area contributed by atoms with Crippen LogP contribution >= 0.6 is 0 Å². The monoisotopic (exact) mass is 404 g/mol. The SMILES string of the molecule is CCC(C)(C)c1nc2c3ccccc3n(-c3ccccc3)c2c2c1oc1ccccc12. The molecule has 6 aromatic rings. The third-order valence-corrected chi connectivity index (χ3v) is 6.66. The Kier molecular flexibility index (Phi) is 3.79. The van der Waals surface area contributed by atoms with E-state index < -0.39 is 0 Å². The number of aromatic nitrogens is 2. The molecule has 0 aliphatic carbocycles. The highest BCUT2D eigenvalue weighted by Crippen LogP contribution is 2.43. The second-order valence-electron chi connectivity index (χ2n) is 8.89. The summed E-state index contributed by atoms with van der Waals surface area (Å²) >= 11 is 0. The second kappa shape index (κ2) is 6.45. The lowest BCUT2D eigenvalue weighted by molar-refractivity contribution is 0.486. The van der Waals surface area contributed by atoms with E-state index >= 15 is 0 Å². The molecule has 6 rings (SSSR count). The zero-order valence-electron chi connectivity index (χ0n) is 18.0. The van der Waals surface area contributed by atoms with Crippen molar-refractivity contribution in [3.63, 3.8) is 0 Å². The molecule has 0 aliphatic heterocycles. The van der Waals surface area contributed by atoms with Gasteiger partial charge in [-0.1, -0.05) is 75.4 Å². The summed E-state index contributed by atoms with van der Waals surface area (Å²) in [5.41, 5.74) is 7.18. The zero-order valence-corrected chi connectivity index (χ0v) is 18.0. The summed E-state index contributed by atoms with van der Waals surface area (Å²) < 4.78 is 8.83. The Labute approximate surface area is 180 Å². The van der Waals surface area contributed by atoms with E-state index in [2.05, 4.69) is 98.1 Å². The fourth-order valence-corrected chi connectivity index (χ4v) is 4.65. The molecule has 0 saturated heterocycles. The second-order valence-corrected chi connectivity index (χ2v) is 8.89. The van der Waals surface area contributed by atoms with Crippen molar-refractivity contribution in [3.8, 4) is 5.69 Å². The molecule has 0 spiro atoms. The van der Waals surface area contributed by atoms with Crippen LogP contribution in [0.25, 0.3) is 49.6 Å². The van der Waals surface area contributed by atoms with Gasteiger partial charge in [0.15, 0.2) is 5.58 Å². The van der Waals surface area contributed by atoms with Crippen molar-refractivity contribution in [2.75, 3.05) is 0 Å². The highest BCUT2D eigenvalue weighted by atomic mass is 16.3. The van der Waals surface area contributed by atoms with Crippen molar-refractivity contribution >= 4 is 43.9 Å². The average molecular weight is 405 g/mol. The molecule has 0 atom stereocenters. The molecule has 31 heavy (non-hydrogen) atoms. The van der Waals surface area contributed by atoms with Gasteiger partial charge in [-0.05, 0) is 30.7 Å². The summed E-state index contributed by atoms with van der Waals surface area (Å²) in [6.45, 7) is 6.72. The number of hydrogen-bond donors (Lipinski definition) is 0. The van der Waals surface area contributed by atoms with Crippen molar-refractivity contribution in [1.82, 2.24) is 9.55 Å². The molecule has 152 valence electrons. The number of hydrogen-bond acceptors (Lipinski definition) is 2. The molecule has 0 saturated carbocycles. The largest absolute Gasteiger partial charge is 0.454 e. The molecule has 3 heterocycles. The normalized spacial score (nSPS) is 12.5. The van der Waals surface area contributed by atoms with Crippen LogP contribution in [0.2, 0.25) is 0 Å². The predicted octanol–water partition coefficient (Wildman–Crippen LogP) is 7.77. The first-order valence-electron chi connectivity index (χ1n) is 10.9. The Morgan fingerprint density at radius 3 is 2.29 bits per heavy atom. The molecule has 3 nitrogen and oxygen atoms in total. The average Bonchev–Trinajstić information content (AvgIpc) is 3.35. The van der Waals surface area contributed by atoms with Crippen molar-refractivity contribution in [2.24, 2.45) is 0 Å². The van der Waals surface area contributed by atoms with Crippen molar-refractivity contribution < 1.29 is 4.42 Å². The maximum atomic E-state index is 6.49. The smallest absolute Gasteiger partial charge is 0.159 e. The van der Waals surface area contributed by atoms with Gasteiger partial charge in [0.2, 0.25) is 0 Å². The van der Waals surface area contributed by atoms with Gasteiger partial charge >= 0.3 is 0 Å². The minimum Gasteiger partial charge on any atom is -0.454 e. The first kappa shape index (κ1) is 18.2. The van der Waals surface area contributed by atoms with Crippen LogP contribution in [0.3, 0.4) is 0 Å². The fourth-order valence-electron chi connectivity index (χ4n) is 4.65. The first-order valence-corrected chi connectivity index (χ1v) is 10.9. The van der Waals surface area contributed by atoms with E-state index in [9.17, 15) is 0 Å². The summed E-state index contributed by atoms with van der Waals surface area (Å²) in [7, 11) is 0. The lowest BCUT2D eigenvalue weighted by Crippen LogP contribution is -2.18. The molecule has 0 bridgehead atoms. The molecular weight excluding hydrogens is 380 g/mol. The van der Waals surface area contributed by atoms with E-state index in [4.69, 9.17) is 9.40 Å². The summed E-state index contributed by atoms with van der Waals surface area (Å²) in [4.78, 5) is 5.30. The van der Waals surface area contributed by atoms with Gasteiger partial charge in [-0.15, -0.1) is 0 Å². The van der Waals surface area contributed by atoms with Gasteiger partial charge in [-0.25, -0.2) is 4.98 Å². The standard InChI is InChI=1S/C28H24N2O/c1-4-28(2,3)27-26-23(20-15-9-11-17-22(20)31-26)25-24(29-27)19-14-8-10-16-21(19)30(25)18-12-6-5-7-13-18/h5-17H,4H2,1-3H3. The van der Waals surface area contributed by atoms with Gasteiger partial charge in [0.1, 0.15) is 5.58 Å². The Bertz CT molecular complexity index is 1590. The van der Waals surface area contributed by atoms with E-state index in [0.29, 0.717) is 0 Å². The third kappa shape index (κ3) is 2.50. The maximum Gasteiger partial charge on any atom is 0.159 e. The van der Waals surface area contributed by atoms with Gasteiger partial charge in [-0.2, -0.15) is 0 Å². The highest BCUT2D eigenvalue weighted by molar-refractivity contribution is 6.23. The Morgan fingerprint density at radius 1 is 0.839 bits per heavy atom. The highest BCUT2D eigenvalue weighted by Gasteiger charge is 2.29. The molecule has 0 unspecified atom stereocenters. The van der Waals surface area contributed by atoms with E-state index in [-0.39, 0.29) is 5.41 Å². The van der Waals surface area contributed by atoms with E-state index in [1.165, 1.54) is 5.39 Å². The molecule has 0 aliphatic rings. The summed E-state index contributed by atoms with van der Waals surface area (Å²) in [5.74, 6) is 0. The number of para-hydroxylation sites is 3. The van der Waals surface area contributed by atoms with Gasteiger partial charge < -0.3 is 8.98 Å². The van der Waals surface area contributed by atoms with E-state index in [1.807, 2.05) is 6.07 Å². The van der Waals surface area contributed by atoms with Crippen LogP contribution in [0.5, 0.6) is 0 Å². The van der Waals surface area contributed by atoms with Crippen molar-refractivity contribution in [2.45, 2.75) is 32.6 Å². The quantitative estimate of drug-likeness (QED) is 0.302. The van der Waals surface area contributed by atoms with Crippen LogP contribution in [-0.2, 0) is 5.41 Å². The van der Waals surface area contributed by atoms with Crippen LogP contribution in [0.15, 0.2) is 83.3 Å². The molecule has 3 heteroatoms. The molecular formula is C28H24N2O. The van der Waals surface area contributed by atoms with Gasteiger partial charge in [0.25, 0.3) is 0 Å². The number of fused-ring (bicyclic) bond motifs is 7. The van der Waals surface area contributed by atoms with Gasteiger partial charge in [0, 0.05) is 21.9 Å². The van der Waals surface area contributed by atoms with Gasteiger partial charge in [0.05, 0.1) is 27.6 Å². The minimum absolute atomic E-state index is 0.101. The molecule has 0 amide bonds. The minimum atomic E-state index is -0.101. The summed E-state index contributed by atoms with van der Waals surface area (Å²) in [5, 5.41) is 3.46. The molecule has 0 fully saturated rings. The summed E-state index contributed by atoms with van der Waals surface area (Å²) in [6, 6.07) is 27.4. The topological polar surface area (TPSA) is 31.0 Å². The zero-order chi connectivity index (χ0) is 21.2. The van der Waals surface area contributed by atoms with Crippen LogP contribution in [0, 0.1) is 0 Å². The van der Waals surface area contributed by atoms with Crippen LogP contribution < -0.4 is 0 Å².